The lowest BCUT2D eigenvalue weighted by atomic mass is 10.2. The van der Waals surface area contributed by atoms with Crippen molar-refractivity contribution >= 4 is 29.0 Å². The van der Waals surface area contributed by atoms with Crippen LogP contribution in [-0.2, 0) is 6.54 Å². The van der Waals surface area contributed by atoms with Crippen LogP contribution in [-0.4, -0.2) is 18.0 Å². The third-order valence-corrected chi connectivity index (χ3v) is 4.13. The van der Waals surface area contributed by atoms with E-state index in [1.165, 1.54) is 0 Å². The number of carbonyl (C=O) groups is 1. The van der Waals surface area contributed by atoms with Crippen molar-refractivity contribution in [3.63, 3.8) is 0 Å². The van der Waals surface area contributed by atoms with Crippen LogP contribution in [0, 0.1) is 0 Å². The standard InChI is InChI=1S/C20H18ClN3O2/c1-26-18-9-5-2-6-14(18)12-22-15-10-11-19(23-13-15)24-20(25)16-7-3-4-8-17(16)21/h2-11,13,22H,12H2,1H3,(H,23,24,25). The molecule has 26 heavy (non-hydrogen) atoms. The number of aromatic nitrogens is 1. The summed E-state index contributed by atoms with van der Waals surface area (Å²) in [7, 11) is 1.65. The topological polar surface area (TPSA) is 63.2 Å². The van der Waals surface area contributed by atoms with E-state index in [0.29, 0.717) is 22.9 Å². The molecule has 0 fully saturated rings. The highest BCUT2D eigenvalue weighted by atomic mass is 35.5. The Morgan fingerprint density at radius 2 is 1.85 bits per heavy atom. The summed E-state index contributed by atoms with van der Waals surface area (Å²) in [5, 5.41) is 6.42. The molecule has 2 N–H and O–H groups in total. The maximum atomic E-state index is 12.2. The molecule has 0 aliphatic heterocycles. The average molecular weight is 368 g/mol. The second-order valence-electron chi connectivity index (χ2n) is 5.53. The molecular formula is C20H18ClN3O2. The maximum absolute atomic E-state index is 12.2. The van der Waals surface area contributed by atoms with Crippen LogP contribution in [0.2, 0.25) is 5.02 Å². The van der Waals surface area contributed by atoms with Crippen molar-refractivity contribution in [3.05, 3.63) is 83.0 Å². The average Bonchev–Trinajstić information content (AvgIpc) is 2.68. The van der Waals surface area contributed by atoms with E-state index < -0.39 is 0 Å². The number of ether oxygens (including phenoxy) is 1. The van der Waals surface area contributed by atoms with Gasteiger partial charge in [0, 0.05) is 12.1 Å². The number of anilines is 2. The molecule has 2 aromatic carbocycles. The molecule has 0 aliphatic carbocycles. The van der Waals surface area contributed by atoms with E-state index in [2.05, 4.69) is 15.6 Å². The van der Waals surface area contributed by atoms with Crippen molar-refractivity contribution in [2.75, 3.05) is 17.7 Å². The molecular weight excluding hydrogens is 350 g/mol. The SMILES string of the molecule is COc1ccccc1CNc1ccc(NC(=O)c2ccccc2Cl)nc1. The van der Waals surface area contributed by atoms with Gasteiger partial charge in [-0.15, -0.1) is 0 Å². The van der Waals surface area contributed by atoms with Gasteiger partial charge in [0.05, 0.1) is 29.6 Å². The van der Waals surface area contributed by atoms with Gasteiger partial charge in [-0.25, -0.2) is 4.98 Å². The van der Waals surface area contributed by atoms with Gasteiger partial charge in [-0.2, -0.15) is 0 Å². The lowest BCUT2D eigenvalue weighted by Crippen LogP contribution is -2.13. The quantitative estimate of drug-likeness (QED) is 0.668. The molecule has 0 saturated carbocycles. The van der Waals surface area contributed by atoms with E-state index in [-0.39, 0.29) is 5.91 Å². The molecule has 0 atom stereocenters. The highest BCUT2D eigenvalue weighted by molar-refractivity contribution is 6.34. The number of hydrogen-bond acceptors (Lipinski definition) is 4. The van der Waals surface area contributed by atoms with Gasteiger partial charge in [0.1, 0.15) is 11.6 Å². The monoisotopic (exact) mass is 367 g/mol. The maximum Gasteiger partial charge on any atom is 0.258 e. The summed E-state index contributed by atoms with van der Waals surface area (Å²) < 4.78 is 5.33. The zero-order valence-electron chi connectivity index (χ0n) is 14.2. The van der Waals surface area contributed by atoms with Crippen molar-refractivity contribution in [1.82, 2.24) is 4.98 Å². The number of pyridine rings is 1. The molecule has 3 aromatic rings. The minimum absolute atomic E-state index is 0.294. The summed E-state index contributed by atoms with van der Waals surface area (Å²) >= 11 is 6.03. The van der Waals surface area contributed by atoms with Crippen molar-refractivity contribution in [2.24, 2.45) is 0 Å². The fraction of sp³-hybridized carbons (Fsp3) is 0.100. The van der Waals surface area contributed by atoms with E-state index >= 15 is 0 Å². The number of nitrogens with one attached hydrogen (secondary N) is 2. The van der Waals surface area contributed by atoms with Crippen LogP contribution < -0.4 is 15.4 Å². The lowest BCUT2D eigenvalue weighted by Gasteiger charge is -2.11. The molecule has 132 valence electrons. The highest BCUT2D eigenvalue weighted by Crippen LogP contribution is 2.20. The van der Waals surface area contributed by atoms with Gasteiger partial charge >= 0.3 is 0 Å². The van der Waals surface area contributed by atoms with Gasteiger partial charge in [0.15, 0.2) is 0 Å². The zero-order chi connectivity index (χ0) is 18.4. The molecule has 1 amide bonds. The third kappa shape index (κ3) is 4.32. The Balaban J connectivity index is 1.62. The summed E-state index contributed by atoms with van der Waals surface area (Å²) in [5.74, 6) is 0.993. The van der Waals surface area contributed by atoms with E-state index in [9.17, 15) is 4.79 Å². The smallest absolute Gasteiger partial charge is 0.258 e. The molecule has 6 heteroatoms. The Morgan fingerprint density at radius 3 is 2.58 bits per heavy atom. The molecule has 0 bridgehead atoms. The van der Waals surface area contributed by atoms with E-state index in [1.807, 2.05) is 30.3 Å². The first-order valence-electron chi connectivity index (χ1n) is 8.05. The van der Waals surface area contributed by atoms with Gasteiger partial charge < -0.3 is 15.4 Å². The largest absolute Gasteiger partial charge is 0.496 e. The summed E-state index contributed by atoms with van der Waals surface area (Å²) in [4.78, 5) is 16.5. The first-order chi connectivity index (χ1) is 12.7. The van der Waals surface area contributed by atoms with Gasteiger partial charge in [-0.3, -0.25) is 4.79 Å². The normalized spacial score (nSPS) is 10.2. The van der Waals surface area contributed by atoms with Crippen LogP contribution in [0.15, 0.2) is 66.9 Å². The van der Waals surface area contributed by atoms with Crippen LogP contribution in [0.25, 0.3) is 0 Å². The first-order valence-corrected chi connectivity index (χ1v) is 8.43. The molecule has 0 saturated heterocycles. The molecule has 0 spiro atoms. The fourth-order valence-electron chi connectivity index (χ4n) is 2.45. The Hall–Kier alpha value is -3.05. The van der Waals surface area contributed by atoms with Crippen LogP contribution in [0.5, 0.6) is 5.75 Å². The third-order valence-electron chi connectivity index (χ3n) is 3.80. The molecule has 0 radical (unpaired) electrons. The number of amides is 1. The number of para-hydroxylation sites is 1. The minimum atomic E-state index is -0.294. The molecule has 1 heterocycles. The van der Waals surface area contributed by atoms with Gasteiger partial charge in [0.2, 0.25) is 0 Å². The van der Waals surface area contributed by atoms with E-state index in [4.69, 9.17) is 16.3 Å². The lowest BCUT2D eigenvalue weighted by molar-refractivity contribution is 0.102. The molecule has 5 nitrogen and oxygen atoms in total. The first kappa shape index (κ1) is 17.8. The predicted molar refractivity (Wildman–Crippen MR) is 104 cm³/mol. The summed E-state index contributed by atoms with van der Waals surface area (Å²) in [6.07, 6.45) is 1.66. The molecule has 3 rings (SSSR count). The molecule has 0 aliphatic rings. The Kier molecular flexibility index (Phi) is 5.71. The van der Waals surface area contributed by atoms with Crippen LogP contribution in [0.3, 0.4) is 0 Å². The van der Waals surface area contributed by atoms with Crippen LogP contribution in [0.1, 0.15) is 15.9 Å². The van der Waals surface area contributed by atoms with Crippen LogP contribution in [0.4, 0.5) is 11.5 Å². The summed E-state index contributed by atoms with van der Waals surface area (Å²) in [5.41, 5.74) is 2.30. The second kappa shape index (κ2) is 8.36. The summed E-state index contributed by atoms with van der Waals surface area (Å²) in [6, 6.07) is 18.3. The summed E-state index contributed by atoms with van der Waals surface area (Å²) in [6.45, 7) is 0.608. The number of methoxy groups -OCH3 is 1. The Bertz CT molecular complexity index is 898. The van der Waals surface area contributed by atoms with Crippen LogP contribution >= 0.6 is 11.6 Å². The fourth-order valence-corrected chi connectivity index (χ4v) is 2.67. The molecule has 1 aromatic heterocycles. The Morgan fingerprint density at radius 1 is 1.08 bits per heavy atom. The van der Waals surface area contributed by atoms with Gasteiger partial charge in [-0.1, -0.05) is 41.9 Å². The number of benzene rings is 2. The Labute approximate surface area is 157 Å². The van der Waals surface area contributed by atoms with Gasteiger partial charge in [-0.05, 0) is 30.3 Å². The highest BCUT2D eigenvalue weighted by Gasteiger charge is 2.10. The minimum Gasteiger partial charge on any atom is -0.496 e. The second-order valence-corrected chi connectivity index (χ2v) is 5.94. The van der Waals surface area contributed by atoms with Crippen molar-refractivity contribution in [2.45, 2.75) is 6.54 Å². The molecule has 0 unspecified atom stereocenters. The number of rotatable bonds is 6. The van der Waals surface area contributed by atoms with E-state index in [1.54, 1.807) is 43.6 Å². The van der Waals surface area contributed by atoms with Crippen molar-refractivity contribution < 1.29 is 9.53 Å². The number of nitrogens with zero attached hydrogens (tertiary/aromatic N) is 1. The van der Waals surface area contributed by atoms with Crippen molar-refractivity contribution in [1.29, 1.82) is 0 Å². The number of halogens is 1. The zero-order valence-corrected chi connectivity index (χ0v) is 15.0. The van der Waals surface area contributed by atoms with Crippen molar-refractivity contribution in [3.8, 4) is 5.75 Å². The number of carbonyl (C=O) groups excluding carboxylic acids is 1. The van der Waals surface area contributed by atoms with E-state index in [0.717, 1.165) is 17.0 Å². The predicted octanol–water partition coefficient (Wildman–Crippen LogP) is 4.61. The number of hydrogen-bond donors (Lipinski definition) is 2. The van der Waals surface area contributed by atoms with Gasteiger partial charge in [0.25, 0.3) is 5.91 Å².